The third kappa shape index (κ3) is 2.33. The Kier molecular flexibility index (Phi) is 3.17. The monoisotopic (exact) mass is 272 g/mol. The Morgan fingerprint density at radius 3 is 2.44 bits per heavy atom. The Labute approximate surface area is 114 Å². The van der Waals surface area contributed by atoms with Gasteiger partial charge in [0.2, 0.25) is 0 Å². The van der Waals surface area contributed by atoms with Crippen LogP contribution in [0.4, 0.5) is 0 Å². The molecule has 0 saturated carbocycles. The van der Waals surface area contributed by atoms with E-state index in [0.717, 1.165) is 26.0 Å². The fourth-order valence-corrected chi connectivity index (χ4v) is 2.67. The molecule has 18 heavy (non-hydrogen) atoms. The van der Waals surface area contributed by atoms with Crippen LogP contribution in [0.2, 0.25) is 5.02 Å². The summed E-state index contributed by atoms with van der Waals surface area (Å²) in [7, 11) is 0. The van der Waals surface area contributed by atoms with Crippen LogP contribution in [0.25, 0.3) is 11.0 Å². The van der Waals surface area contributed by atoms with Gasteiger partial charge in [0.15, 0.2) is 0 Å². The first-order chi connectivity index (χ1) is 8.83. The Morgan fingerprint density at radius 2 is 1.61 bits per heavy atom. The number of para-hydroxylation sites is 2. The van der Waals surface area contributed by atoms with Gasteiger partial charge in [-0.1, -0.05) is 47.6 Å². The minimum atomic E-state index is 0.734. The zero-order valence-corrected chi connectivity index (χ0v) is 10.9. The number of nitrogens with zero attached hydrogens (tertiary/aromatic N) is 2. The summed E-state index contributed by atoms with van der Waals surface area (Å²) in [6.45, 7) is 0. The highest BCUT2D eigenvalue weighted by Gasteiger charge is 2.04. The van der Waals surface area contributed by atoms with Gasteiger partial charge >= 0.3 is 0 Å². The van der Waals surface area contributed by atoms with Crippen LogP contribution in [0.3, 0.4) is 0 Å². The van der Waals surface area contributed by atoms with Gasteiger partial charge in [-0.2, -0.15) is 0 Å². The lowest BCUT2D eigenvalue weighted by molar-refractivity contribution is 1.12. The number of fused-ring (bicyclic) bond motifs is 1. The summed E-state index contributed by atoms with van der Waals surface area (Å²) in [5, 5.41) is 1.58. The van der Waals surface area contributed by atoms with Crippen molar-refractivity contribution >= 4 is 34.4 Å². The van der Waals surface area contributed by atoms with Crippen molar-refractivity contribution in [2.45, 2.75) is 9.92 Å². The van der Waals surface area contributed by atoms with E-state index in [1.807, 2.05) is 48.5 Å². The molecular weight excluding hydrogens is 264 g/mol. The van der Waals surface area contributed by atoms with E-state index in [1.54, 1.807) is 6.20 Å². The number of aromatic nitrogens is 2. The van der Waals surface area contributed by atoms with Gasteiger partial charge in [0.05, 0.1) is 22.3 Å². The first kappa shape index (κ1) is 11.5. The third-order valence-electron chi connectivity index (χ3n) is 2.48. The number of rotatable bonds is 2. The van der Waals surface area contributed by atoms with E-state index in [-0.39, 0.29) is 0 Å². The molecule has 3 aromatic rings. The van der Waals surface area contributed by atoms with Crippen molar-refractivity contribution in [3.05, 3.63) is 59.8 Å². The summed E-state index contributed by atoms with van der Waals surface area (Å²) in [6.07, 6.45) is 1.77. The molecule has 0 aliphatic heterocycles. The molecule has 0 amide bonds. The zero-order valence-electron chi connectivity index (χ0n) is 9.38. The summed E-state index contributed by atoms with van der Waals surface area (Å²) in [4.78, 5) is 9.92. The van der Waals surface area contributed by atoms with Crippen molar-refractivity contribution in [1.29, 1.82) is 0 Å². The molecule has 0 radical (unpaired) electrons. The van der Waals surface area contributed by atoms with Crippen molar-refractivity contribution < 1.29 is 0 Å². The van der Waals surface area contributed by atoms with Gasteiger partial charge in [-0.05, 0) is 24.3 Å². The molecule has 0 saturated heterocycles. The zero-order chi connectivity index (χ0) is 12.4. The second-order valence-electron chi connectivity index (χ2n) is 3.73. The number of benzene rings is 2. The van der Waals surface area contributed by atoms with Gasteiger partial charge in [-0.3, -0.25) is 4.98 Å². The predicted molar refractivity (Wildman–Crippen MR) is 75.1 cm³/mol. The van der Waals surface area contributed by atoms with Crippen LogP contribution in [0.5, 0.6) is 0 Å². The highest BCUT2D eigenvalue weighted by molar-refractivity contribution is 7.99. The largest absolute Gasteiger partial charge is 0.252 e. The average molecular weight is 273 g/mol. The maximum absolute atomic E-state index is 6.12. The van der Waals surface area contributed by atoms with Gasteiger partial charge in [0.25, 0.3) is 0 Å². The maximum atomic E-state index is 6.12. The molecule has 4 heteroatoms. The molecule has 0 fully saturated rings. The number of hydrogen-bond acceptors (Lipinski definition) is 3. The van der Waals surface area contributed by atoms with Crippen molar-refractivity contribution in [3.63, 3.8) is 0 Å². The van der Waals surface area contributed by atoms with Gasteiger partial charge in [-0.25, -0.2) is 4.98 Å². The summed E-state index contributed by atoms with van der Waals surface area (Å²) in [5.41, 5.74) is 1.80. The van der Waals surface area contributed by atoms with Gasteiger partial charge < -0.3 is 0 Å². The first-order valence-corrected chi connectivity index (χ1v) is 6.66. The van der Waals surface area contributed by atoms with Gasteiger partial charge in [0.1, 0.15) is 5.03 Å². The molecule has 0 unspecified atom stereocenters. The smallest absolute Gasteiger partial charge is 0.120 e. The SMILES string of the molecule is Clc1ccccc1Sc1cnc2ccccc2n1. The van der Waals surface area contributed by atoms with E-state index in [1.165, 1.54) is 11.8 Å². The Morgan fingerprint density at radius 1 is 0.889 bits per heavy atom. The summed E-state index contributed by atoms with van der Waals surface area (Å²) < 4.78 is 0. The van der Waals surface area contributed by atoms with Crippen LogP contribution in [0, 0.1) is 0 Å². The number of halogens is 1. The standard InChI is InChI=1S/C14H9ClN2S/c15-10-5-1-4-8-13(10)18-14-9-16-11-6-2-3-7-12(11)17-14/h1-9H. The molecule has 2 aromatic carbocycles. The van der Waals surface area contributed by atoms with E-state index in [9.17, 15) is 0 Å². The maximum Gasteiger partial charge on any atom is 0.120 e. The second-order valence-corrected chi connectivity index (χ2v) is 5.20. The molecule has 0 atom stereocenters. The normalized spacial score (nSPS) is 10.7. The molecule has 0 aliphatic rings. The van der Waals surface area contributed by atoms with Crippen molar-refractivity contribution in [1.82, 2.24) is 9.97 Å². The molecule has 0 spiro atoms. The molecular formula is C14H9ClN2S. The Bertz CT molecular complexity index is 700. The van der Waals surface area contributed by atoms with E-state index < -0.39 is 0 Å². The highest BCUT2D eigenvalue weighted by atomic mass is 35.5. The van der Waals surface area contributed by atoms with Crippen molar-refractivity contribution in [3.8, 4) is 0 Å². The van der Waals surface area contributed by atoms with Crippen LogP contribution in [-0.2, 0) is 0 Å². The van der Waals surface area contributed by atoms with Crippen LogP contribution < -0.4 is 0 Å². The van der Waals surface area contributed by atoms with Crippen LogP contribution in [0.1, 0.15) is 0 Å². The highest BCUT2D eigenvalue weighted by Crippen LogP contribution is 2.31. The molecule has 0 aliphatic carbocycles. The predicted octanol–water partition coefficient (Wildman–Crippen LogP) is 4.43. The summed E-state index contributed by atoms with van der Waals surface area (Å²) >= 11 is 7.65. The van der Waals surface area contributed by atoms with Crippen molar-refractivity contribution in [2.24, 2.45) is 0 Å². The third-order valence-corrected chi connectivity index (χ3v) is 3.90. The fraction of sp³-hybridized carbons (Fsp3) is 0. The van der Waals surface area contributed by atoms with Crippen LogP contribution >= 0.6 is 23.4 Å². The van der Waals surface area contributed by atoms with Crippen LogP contribution in [-0.4, -0.2) is 9.97 Å². The van der Waals surface area contributed by atoms with Crippen LogP contribution in [0.15, 0.2) is 64.6 Å². The minimum absolute atomic E-state index is 0.734. The molecule has 0 N–H and O–H groups in total. The lowest BCUT2D eigenvalue weighted by Crippen LogP contribution is -1.86. The fourth-order valence-electron chi connectivity index (χ4n) is 1.63. The minimum Gasteiger partial charge on any atom is -0.252 e. The lowest BCUT2D eigenvalue weighted by atomic mass is 10.3. The van der Waals surface area contributed by atoms with E-state index in [2.05, 4.69) is 9.97 Å². The molecule has 1 heterocycles. The van der Waals surface area contributed by atoms with E-state index >= 15 is 0 Å². The first-order valence-electron chi connectivity index (χ1n) is 5.47. The van der Waals surface area contributed by atoms with Gasteiger partial charge in [0, 0.05) is 4.90 Å². The van der Waals surface area contributed by atoms with E-state index in [4.69, 9.17) is 11.6 Å². The molecule has 0 bridgehead atoms. The second kappa shape index (κ2) is 4.96. The van der Waals surface area contributed by atoms with Gasteiger partial charge in [-0.15, -0.1) is 0 Å². The Balaban J connectivity index is 1.98. The lowest BCUT2D eigenvalue weighted by Gasteiger charge is -2.03. The number of hydrogen-bond donors (Lipinski definition) is 0. The quantitative estimate of drug-likeness (QED) is 0.690. The summed E-state index contributed by atoms with van der Waals surface area (Å²) in [5.74, 6) is 0. The Hall–Kier alpha value is -1.58. The molecule has 1 aromatic heterocycles. The van der Waals surface area contributed by atoms with E-state index in [0.29, 0.717) is 0 Å². The average Bonchev–Trinajstić information content (AvgIpc) is 2.41. The topological polar surface area (TPSA) is 25.8 Å². The molecule has 2 nitrogen and oxygen atoms in total. The molecule has 3 rings (SSSR count). The summed E-state index contributed by atoms with van der Waals surface area (Å²) in [6, 6.07) is 15.5. The van der Waals surface area contributed by atoms with Crippen molar-refractivity contribution in [2.75, 3.05) is 0 Å². The molecule has 88 valence electrons.